The summed E-state index contributed by atoms with van der Waals surface area (Å²) in [6.45, 7) is 4.95. The fraction of sp³-hybridized carbons (Fsp3) is 0.417. The van der Waals surface area contributed by atoms with Crippen LogP contribution in [0.15, 0.2) is 17.9 Å². The van der Waals surface area contributed by atoms with Crippen molar-refractivity contribution < 1.29 is 22.1 Å². The molecule has 18 heavy (non-hydrogen) atoms. The minimum absolute atomic E-state index is 0. The van der Waals surface area contributed by atoms with Gasteiger partial charge >= 0.3 is 0 Å². The fourth-order valence-corrected chi connectivity index (χ4v) is 2.63. The van der Waals surface area contributed by atoms with Crippen LogP contribution in [-0.2, 0) is 13.0 Å². The molecule has 0 bridgehead atoms. The lowest BCUT2D eigenvalue weighted by atomic mass is 10.3. The summed E-state index contributed by atoms with van der Waals surface area (Å²) in [5.41, 5.74) is 4.39. The number of hydrogen-bond acceptors (Lipinski definition) is 4. The first-order valence-electron chi connectivity index (χ1n) is 5.55. The Balaban J connectivity index is 0.00000162. The van der Waals surface area contributed by atoms with E-state index in [1.807, 2.05) is 19.3 Å². The van der Waals surface area contributed by atoms with Crippen molar-refractivity contribution in [3.05, 3.63) is 39.9 Å². The van der Waals surface area contributed by atoms with E-state index in [0.29, 0.717) is 0 Å². The van der Waals surface area contributed by atoms with Gasteiger partial charge in [-0.05, 0) is 6.92 Å². The third-order valence-corrected chi connectivity index (χ3v) is 3.83. The van der Waals surface area contributed by atoms with Gasteiger partial charge in [0.15, 0.2) is 12.2 Å². The summed E-state index contributed by atoms with van der Waals surface area (Å²) >= 11 is 1.69. The van der Waals surface area contributed by atoms with Crippen molar-refractivity contribution in [2.75, 3.05) is 6.61 Å². The quantitative estimate of drug-likeness (QED) is 0.663. The lowest BCUT2D eigenvalue weighted by molar-refractivity contribution is -0.689. The highest BCUT2D eigenvalue weighted by molar-refractivity contribution is 7.09. The van der Waals surface area contributed by atoms with Gasteiger partial charge < -0.3 is 17.5 Å². The fourth-order valence-electron chi connectivity index (χ4n) is 1.65. The lowest BCUT2D eigenvalue weighted by Crippen LogP contribution is -3.00. The van der Waals surface area contributed by atoms with Gasteiger partial charge in [-0.1, -0.05) is 11.3 Å². The van der Waals surface area contributed by atoms with Gasteiger partial charge in [-0.3, -0.25) is 0 Å². The molecule has 2 rings (SSSR count). The molecule has 2 aromatic heterocycles. The number of aliphatic hydroxyl groups is 1. The summed E-state index contributed by atoms with van der Waals surface area (Å²) < 4.78 is 2.17. The summed E-state index contributed by atoms with van der Waals surface area (Å²) in [4.78, 5) is 9.61. The van der Waals surface area contributed by atoms with Gasteiger partial charge in [0, 0.05) is 32.3 Å². The lowest BCUT2D eigenvalue weighted by Gasteiger charge is -1.97. The maximum atomic E-state index is 8.95. The number of hydrogen-bond donors (Lipinski definition) is 1. The van der Waals surface area contributed by atoms with Gasteiger partial charge in [0.25, 0.3) is 0 Å². The minimum atomic E-state index is 0. The van der Waals surface area contributed by atoms with Crippen LogP contribution in [0, 0.1) is 13.8 Å². The van der Waals surface area contributed by atoms with E-state index < -0.39 is 0 Å². The number of nitrogens with zero attached hydrogens (tertiary/aromatic N) is 3. The van der Waals surface area contributed by atoms with Crippen molar-refractivity contribution in [3.63, 3.8) is 0 Å². The van der Waals surface area contributed by atoms with Crippen LogP contribution in [0.3, 0.4) is 0 Å². The van der Waals surface area contributed by atoms with Gasteiger partial charge in [0.05, 0.1) is 10.4 Å². The molecule has 0 fully saturated rings. The Morgan fingerprint density at radius 1 is 1.28 bits per heavy atom. The highest BCUT2D eigenvalue weighted by Gasteiger charge is 2.15. The van der Waals surface area contributed by atoms with Crippen molar-refractivity contribution >= 4 is 11.3 Å². The molecule has 0 radical (unpaired) electrons. The molecule has 0 saturated carbocycles. The van der Waals surface area contributed by atoms with E-state index in [4.69, 9.17) is 5.11 Å². The minimum Gasteiger partial charge on any atom is -1.00 e. The molecule has 0 aliphatic carbocycles. The standard InChI is InChI=1S/C12H16N3OS.ClH/c1-9-12(3-4-16)17-8-15(9)7-11-5-13-10(2)14-6-11;/h5-6,8,16H,3-4,7H2,1-2H3;1H/q+1;/p-1. The zero-order valence-corrected chi connectivity index (χ0v) is 12.0. The van der Waals surface area contributed by atoms with E-state index in [1.165, 1.54) is 10.6 Å². The predicted octanol–water partition coefficient (Wildman–Crippen LogP) is -1.97. The number of aromatic nitrogens is 3. The van der Waals surface area contributed by atoms with Crippen LogP contribution in [0.25, 0.3) is 0 Å². The molecule has 0 unspecified atom stereocenters. The van der Waals surface area contributed by atoms with E-state index in [2.05, 4.69) is 27.0 Å². The Bertz CT molecular complexity index is 499. The zero-order valence-electron chi connectivity index (χ0n) is 10.4. The van der Waals surface area contributed by atoms with Crippen LogP contribution in [-0.4, -0.2) is 21.7 Å². The third-order valence-electron chi connectivity index (χ3n) is 2.68. The Morgan fingerprint density at radius 2 is 1.94 bits per heavy atom. The summed E-state index contributed by atoms with van der Waals surface area (Å²) in [5.74, 6) is 0.793. The second-order valence-corrected chi connectivity index (χ2v) is 4.91. The smallest absolute Gasteiger partial charge is 0.225 e. The van der Waals surface area contributed by atoms with Crippen molar-refractivity contribution in [1.29, 1.82) is 0 Å². The molecule has 0 aliphatic rings. The van der Waals surface area contributed by atoms with Gasteiger partial charge in [0.2, 0.25) is 5.51 Å². The van der Waals surface area contributed by atoms with E-state index in [1.54, 1.807) is 11.3 Å². The first-order chi connectivity index (χ1) is 8.20. The predicted molar refractivity (Wildman–Crippen MR) is 65.9 cm³/mol. The highest BCUT2D eigenvalue weighted by atomic mass is 35.5. The van der Waals surface area contributed by atoms with E-state index >= 15 is 0 Å². The van der Waals surface area contributed by atoms with E-state index in [9.17, 15) is 0 Å². The molecular weight excluding hydrogens is 270 g/mol. The number of aliphatic hydroxyl groups excluding tert-OH is 1. The van der Waals surface area contributed by atoms with Crippen molar-refractivity contribution in [3.8, 4) is 0 Å². The molecular formula is C12H16ClN3OS. The highest BCUT2D eigenvalue weighted by Crippen LogP contribution is 2.11. The van der Waals surface area contributed by atoms with Gasteiger partial charge in [0.1, 0.15) is 5.82 Å². The molecule has 4 nitrogen and oxygen atoms in total. The normalized spacial score (nSPS) is 10.2. The van der Waals surface area contributed by atoms with Gasteiger partial charge in [-0.2, -0.15) is 4.57 Å². The monoisotopic (exact) mass is 285 g/mol. The number of thiazole rings is 1. The van der Waals surface area contributed by atoms with Crippen molar-refractivity contribution in [1.82, 2.24) is 9.97 Å². The van der Waals surface area contributed by atoms with Crippen LogP contribution >= 0.6 is 11.3 Å². The first kappa shape index (κ1) is 15.0. The second-order valence-electron chi connectivity index (χ2n) is 3.97. The van der Waals surface area contributed by atoms with Crippen molar-refractivity contribution in [2.45, 2.75) is 26.8 Å². The molecule has 6 heteroatoms. The SMILES string of the molecule is Cc1ncc(C[n+]2csc(CCO)c2C)cn1.[Cl-]. The molecule has 0 aliphatic heterocycles. The summed E-state index contributed by atoms with van der Waals surface area (Å²) in [7, 11) is 0. The Labute approximate surface area is 117 Å². The van der Waals surface area contributed by atoms with Crippen LogP contribution in [0.5, 0.6) is 0 Å². The molecule has 1 N–H and O–H groups in total. The average Bonchev–Trinajstić information content (AvgIpc) is 2.65. The third kappa shape index (κ3) is 3.48. The van der Waals surface area contributed by atoms with Gasteiger partial charge in [-0.15, -0.1) is 0 Å². The van der Waals surface area contributed by atoms with Crippen LogP contribution in [0.4, 0.5) is 0 Å². The maximum Gasteiger partial charge on any atom is 0.225 e. The zero-order chi connectivity index (χ0) is 12.3. The van der Waals surface area contributed by atoms with Crippen LogP contribution < -0.4 is 17.0 Å². The Morgan fingerprint density at radius 3 is 2.56 bits per heavy atom. The summed E-state index contributed by atoms with van der Waals surface area (Å²) in [5, 5.41) is 8.95. The largest absolute Gasteiger partial charge is 1.00 e. The number of halogens is 1. The maximum absolute atomic E-state index is 8.95. The molecule has 2 heterocycles. The Kier molecular flexibility index (Phi) is 5.65. The second kappa shape index (κ2) is 6.78. The van der Waals surface area contributed by atoms with Gasteiger partial charge in [-0.25, -0.2) is 9.97 Å². The topological polar surface area (TPSA) is 49.9 Å². The molecule has 0 atom stereocenters. The molecule has 0 aromatic carbocycles. The van der Waals surface area contributed by atoms with Crippen molar-refractivity contribution in [2.24, 2.45) is 0 Å². The van der Waals surface area contributed by atoms with Crippen LogP contribution in [0.2, 0.25) is 0 Å². The van der Waals surface area contributed by atoms with E-state index in [0.717, 1.165) is 24.4 Å². The van der Waals surface area contributed by atoms with Crippen LogP contribution in [0.1, 0.15) is 22.0 Å². The molecule has 0 spiro atoms. The average molecular weight is 286 g/mol. The first-order valence-corrected chi connectivity index (χ1v) is 6.43. The molecule has 2 aromatic rings. The number of rotatable bonds is 4. The Hall–Kier alpha value is -1.04. The van der Waals surface area contributed by atoms with E-state index in [-0.39, 0.29) is 19.0 Å². The molecule has 0 saturated heterocycles. The molecule has 98 valence electrons. The molecule has 0 amide bonds. The summed E-state index contributed by atoms with van der Waals surface area (Å²) in [6.07, 6.45) is 4.45. The summed E-state index contributed by atoms with van der Waals surface area (Å²) in [6, 6.07) is 0. The number of aryl methyl sites for hydroxylation is 1.